The third kappa shape index (κ3) is 4.34. The lowest BCUT2D eigenvalue weighted by Crippen LogP contribution is -2.36. The Bertz CT molecular complexity index is 541. The largest absolute Gasteiger partial charge is 0.387 e. The van der Waals surface area contributed by atoms with Gasteiger partial charge in [0.25, 0.3) is 0 Å². The maximum Gasteiger partial charge on any atom is 0.0943 e. The van der Waals surface area contributed by atoms with Crippen molar-refractivity contribution >= 4 is 11.8 Å². The summed E-state index contributed by atoms with van der Waals surface area (Å²) in [7, 11) is 0. The highest BCUT2D eigenvalue weighted by Crippen LogP contribution is 2.23. The van der Waals surface area contributed by atoms with E-state index in [-0.39, 0.29) is 12.0 Å². The van der Waals surface area contributed by atoms with Crippen molar-refractivity contribution in [3.05, 3.63) is 65.7 Å². The highest BCUT2D eigenvalue weighted by Gasteiger charge is 2.22. The van der Waals surface area contributed by atoms with Gasteiger partial charge in [0.15, 0.2) is 0 Å². The molecular weight excluding hydrogens is 278 g/mol. The number of hydrogen-bond donors (Lipinski definition) is 2. The van der Waals surface area contributed by atoms with Gasteiger partial charge in [-0.05, 0) is 41.9 Å². The van der Waals surface area contributed by atoms with Gasteiger partial charge in [-0.3, -0.25) is 0 Å². The van der Waals surface area contributed by atoms with Crippen molar-refractivity contribution in [3.8, 4) is 0 Å². The smallest absolute Gasteiger partial charge is 0.0943 e. The van der Waals surface area contributed by atoms with Crippen LogP contribution in [0, 0.1) is 5.92 Å². The summed E-state index contributed by atoms with van der Waals surface area (Å²) in [6.07, 6.45) is 2.33. The average Bonchev–Trinajstić information content (AvgIpc) is 2.55. The average molecular weight is 301 g/mol. The number of rotatable bonds is 6. The fraction of sp³-hybridized carbons (Fsp3) is 0.333. The number of nitrogens with two attached hydrogens (primary N) is 1. The summed E-state index contributed by atoms with van der Waals surface area (Å²) in [6, 6.07) is 17.9. The lowest BCUT2D eigenvalue weighted by atomic mass is 9.88. The van der Waals surface area contributed by atoms with Crippen molar-refractivity contribution < 1.29 is 5.11 Å². The molecule has 3 heteroatoms. The third-order valence-electron chi connectivity index (χ3n) is 3.88. The van der Waals surface area contributed by atoms with Crippen LogP contribution in [0.2, 0.25) is 0 Å². The van der Waals surface area contributed by atoms with Gasteiger partial charge in [0.05, 0.1) is 6.10 Å². The van der Waals surface area contributed by atoms with E-state index in [1.807, 2.05) is 30.3 Å². The summed E-state index contributed by atoms with van der Waals surface area (Å²) in [4.78, 5) is 1.26. The van der Waals surface area contributed by atoms with Gasteiger partial charge in [0, 0.05) is 10.9 Å². The second-order valence-electron chi connectivity index (χ2n) is 5.46. The molecule has 0 aliphatic heterocycles. The Morgan fingerprint density at radius 2 is 1.67 bits per heavy atom. The van der Waals surface area contributed by atoms with Crippen molar-refractivity contribution in [2.45, 2.75) is 30.4 Å². The van der Waals surface area contributed by atoms with Crippen molar-refractivity contribution in [2.75, 3.05) is 6.26 Å². The monoisotopic (exact) mass is 301 g/mol. The minimum Gasteiger partial charge on any atom is -0.387 e. The van der Waals surface area contributed by atoms with Gasteiger partial charge in [-0.25, -0.2) is 0 Å². The zero-order valence-electron chi connectivity index (χ0n) is 12.6. The summed E-state index contributed by atoms with van der Waals surface area (Å²) < 4.78 is 0. The molecule has 0 saturated carbocycles. The van der Waals surface area contributed by atoms with Crippen LogP contribution in [0.3, 0.4) is 0 Å². The molecule has 0 aromatic heterocycles. The Labute approximate surface area is 131 Å². The molecular formula is C18H23NOS. The van der Waals surface area contributed by atoms with Crippen LogP contribution >= 0.6 is 11.8 Å². The van der Waals surface area contributed by atoms with Crippen molar-refractivity contribution in [1.82, 2.24) is 0 Å². The first-order valence-corrected chi connectivity index (χ1v) is 8.46. The fourth-order valence-corrected chi connectivity index (χ4v) is 2.86. The van der Waals surface area contributed by atoms with E-state index in [1.165, 1.54) is 10.5 Å². The lowest BCUT2D eigenvalue weighted by molar-refractivity contribution is 0.121. The summed E-state index contributed by atoms with van der Waals surface area (Å²) in [5.74, 6) is 0.209. The first kappa shape index (κ1) is 16.1. The minimum absolute atomic E-state index is 0.209. The van der Waals surface area contributed by atoms with Crippen LogP contribution in [-0.2, 0) is 6.42 Å². The van der Waals surface area contributed by atoms with Crippen LogP contribution in [0.5, 0.6) is 0 Å². The van der Waals surface area contributed by atoms with Gasteiger partial charge in [0.1, 0.15) is 0 Å². The predicted octanol–water partition coefficient (Wildman–Crippen LogP) is 3.65. The van der Waals surface area contributed by atoms with E-state index in [4.69, 9.17) is 5.73 Å². The van der Waals surface area contributed by atoms with Crippen LogP contribution in [-0.4, -0.2) is 17.4 Å². The summed E-state index contributed by atoms with van der Waals surface area (Å²) in [5.41, 5.74) is 8.39. The molecule has 0 amide bonds. The molecule has 2 aromatic rings. The van der Waals surface area contributed by atoms with E-state index in [0.717, 1.165) is 12.0 Å². The number of aliphatic hydroxyl groups excluding tert-OH is 1. The van der Waals surface area contributed by atoms with Crippen LogP contribution < -0.4 is 5.73 Å². The van der Waals surface area contributed by atoms with Crippen molar-refractivity contribution in [2.24, 2.45) is 11.7 Å². The molecule has 3 N–H and O–H groups in total. The molecule has 2 nitrogen and oxygen atoms in total. The van der Waals surface area contributed by atoms with Crippen LogP contribution in [0.1, 0.15) is 24.2 Å². The van der Waals surface area contributed by atoms with E-state index in [2.05, 4.69) is 37.4 Å². The molecule has 0 aliphatic rings. The van der Waals surface area contributed by atoms with Crippen LogP contribution in [0.15, 0.2) is 59.5 Å². The van der Waals surface area contributed by atoms with E-state index < -0.39 is 6.10 Å². The molecule has 2 rings (SSSR count). The Kier molecular flexibility index (Phi) is 5.85. The van der Waals surface area contributed by atoms with Gasteiger partial charge in [-0.1, -0.05) is 49.4 Å². The number of benzene rings is 2. The minimum atomic E-state index is -0.619. The molecule has 21 heavy (non-hydrogen) atoms. The second-order valence-corrected chi connectivity index (χ2v) is 6.34. The maximum absolute atomic E-state index is 10.4. The Morgan fingerprint density at radius 3 is 2.24 bits per heavy atom. The number of thioether (sulfide) groups is 1. The third-order valence-corrected chi connectivity index (χ3v) is 4.62. The molecule has 0 saturated heterocycles. The SMILES string of the molecule is CSc1ccc(CC(C)[C@@H](N)[C@H](O)c2ccccc2)cc1. The molecule has 0 heterocycles. The Hall–Kier alpha value is -1.29. The predicted molar refractivity (Wildman–Crippen MR) is 90.5 cm³/mol. The zero-order chi connectivity index (χ0) is 15.2. The quantitative estimate of drug-likeness (QED) is 0.801. The number of hydrogen-bond acceptors (Lipinski definition) is 3. The van der Waals surface area contributed by atoms with E-state index in [0.29, 0.717) is 0 Å². The Morgan fingerprint density at radius 1 is 1.05 bits per heavy atom. The van der Waals surface area contributed by atoms with Crippen LogP contribution in [0.4, 0.5) is 0 Å². The molecule has 0 spiro atoms. The summed E-state index contributed by atoms with van der Waals surface area (Å²) >= 11 is 1.74. The molecule has 1 unspecified atom stereocenters. The standard InChI is InChI=1S/C18H23NOS/c1-13(12-14-8-10-16(21-2)11-9-14)17(19)18(20)15-6-4-3-5-7-15/h3-11,13,17-18,20H,12,19H2,1-2H3/t13?,17-,18-/m1/s1. The van der Waals surface area contributed by atoms with E-state index in [1.54, 1.807) is 11.8 Å². The first-order valence-electron chi connectivity index (χ1n) is 7.23. The van der Waals surface area contributed by atoms with Gasteiger partial charge >= 0.3 is 0 Å². The van der Waals surface area contributed by atoms with Crippen molar-refractivity contribution in [3.63, 3.8) is 0 Å². The Balaban J connectivity index is 2.00. The molecule has 112 valence electrons. The molecule has 2 aromatic carbocycles. The van der Waals surface area contributed by atoms with Gasteiger partial charge in [-0.2, -0.15) is 0 Å². The van der Waals surface area contributed by atoms with Gasteiger partial charge in [-0.15, -0.1) is 11.8 Å². The molecule has 0 fully saturated rings. The number of aliphatic hydroxyl groups is 1. The normalized spacial score (nSPS) is 15.4. The van der Waals surface area contributed by atoms with Gasteiger partial charge < -0.3 is 10.8 Å². The van der Waals surface area contributed by atoms with E-state index in [9.17, 15) is 5.11 Å². The molecule has 3 atom stereocenters. The maximum atomic E-state index is 10.4. The lowest BCUT2D eigenvalue weighted by Gasteiger charge is -2.25. The van der Waals surface area contributed by atoms with Crippen molar-refractivity contribution in [1.29, 1.82) is 0 Å². The topological polar surface area (TPSA) is 46.2 Å². The van der Waals surface area contributed by atoms with E-state index >= 15 is 0 Å². The highest BCUT2D eigenvalue weighted by molar-refractivity contribution is 7.98. The zero-order valence-corrected chi connectivity index (χ0v) is 13.4. The second kappa shape index (κ2) is 7.64. The van der Waals surface area contributed by atoms with Gasteiger partial charge in [0.2, 0.25) is 0 Å². The molecule has 0 aliphatic carbocycles. The molecule has 0 radical (unpaired) electrons. The first-order chi connectivity index (χ1) is 10.1. The summed E-state index contributed by atoms with van der Waals surface area (Å²) in [6.45, 7) is 2.10. The fourth-order valence-electron chi connectivity index (χ4n) is 2.45. The molecule has 0 bridgehead atoms. The summed E-state index contributed by atoms with van der Waals surface area (Å²) in [5, 5.41) is 10.4. The van der Waals surface area contributed by atoms with Crippen LogP contribution in [0.25, 0.3) is 0 Å². The highest BCUT2D eigenvalue weighted by atomic mass is 32.2.